The molecule has 4 nitrogen and oxygen atoms in total. The quantitative estimate of drug-likeness (QED) is 0.855. The lowest BCUT2D eigenvalue weighted by atomic mass is 10.1. The van der Waals surface area contributed by atoms with Crippen molar-refractivity contribution in [2.45, 2.75) is 0 Å². The van der Waals surface area contributed by atoms with Crippen LogP contribution in [0.3, 0.4) is 0 Å². The van der Waals surface area contributed by atoms with E-state index >= 15 is 0 Å². The molecule has 0 saturated carbocycles. The molecule has 96 valence electrons. The van der Waals surface area contributed by atoms with Crippen molar-refractivity contribution in [1.29, 1.82) is 0 Å². The van der Waals surface area contributed by atoms with Crippen molar-refractivity contribution in [2.24, 2.45) is 0 Å². The van der Waals surface area contributed by atoms with E-state index in [-0.39, 0.29) is 17.9 Å². The Hall–Kier alpha value is -2.65. The van der Waals surface area contributed by atoms with Gasteiger partial charge in [-0.1, -0.05) is 12.1 Å². The van der Waals surface area contributed by atoms with E-state index < -0.39 is 11.7 Å². The summed E-state index contributed by atoms with van der Waals surface area (Å²) in [6.07, 6.45) is 1.38. The van der Waals surface area contributed by atoms with Crippen molar-refractivity contribution in [1.82, 2.24) is 5.32 Å². The van der Waals surface area contributed by atoms with Crippen molar-refractivity contribution in [3.8, 4) is 0 Å². The minimum atomic E-state index is -0.431. The number of hydrogen-bond acceptors (Lipinski definition) is 3. The Morgan fingerprint density at radius 1 is 1.26 bits per heavy atom. The third kappa shape index (κ3) is 3.18. The molecule has 19 heavy (non-hydrogen) atoms. The Balaban J connectivity index is 2.03. The van der Waals surface area contributed by atoms with Crippen molar-refractivity contribution >= 4 is 17.4 Å². The molecule has 0 fully saturated rings. The molecule has 1 N–H and O–H groups in total. The average molecular weight is 259 g/mol. The first-order valence-electron chi connectivity index (χ1n) is 5.52. The van der Waals surface area contributed by atoms with Gasteiger partial charge in [0, 0.05) is 0 Å². The lowest BCUT2D eigenvalue weighted by Gasteiger charge is -2.05. The molecule has 0 radical (unpaired) electrons. The Kier molecular flexibility index (Phi) is 3.90. The van der Waals surface area contributed by atoms with Crippen LogP contribution in [-0.4, -0.2) is 18.4 Å². The van der Waals surface area contributed by atoms with Gasteiger partial charge in [-0.2, -0.15) is 0 Å². The number of carbonyl (C=O) groups is 1. The first-order valence-corrected chi connectivity index (χ1v) is 5.52. The fourth-order valence-corrected chi connectivity index (χ4v) is 1.51. The molecule has 1 amide bonds. The number of amides is 1. The van der Waals surface area contributed by atoms with Crippen molar-refractivity contribution in [2.75, 3.05) is 6.54 Å². The zero-order valence-corrected chi connectivity index (χ0v) is 9.85. The number of furan rings is 1. The van der Waals surface area contributed by atoms with Crippen LogP contribution in [0.15, 0.2) is 47.1 Å². The first kappa shape index (κ1) is 12.8. The summed E-state index contributed by atoms with van der Waals surface area (Å²) in [5.74, 6) is 1.07. The van der Waals surface area contributed by atoms with Gasteiger partial charge in [-0.15, -0.1) is 0 Å². The average Bonchev–Trinajstić information content (AvgIpc) is 2.95. The number of rotatable bonds is 4. The van der Waals surface area contributed by atoms with Crippen LogP contribution >= 0.6 is 0 Å². The third-order valence-electron chi connectivity index (χ3n) is 2.49. The van der Waals surface area contributed by atoms with Crippen LogP contribution in [-0.2, 0) is 4.79 Å². The van der Waals surface area contributed by atoms with Gasteiger partial charge >= 0.3 is 0 Å². The van der Waals surface area contributed by atoms with E-state index in [1.54, 1.807) is 12.0 Å². The number of hydrogen-bond donors (Lipinski definition) is 1. The maximum absolute atomic E-state index is 12.8. The maximum atomic E-state index is 12.8. The molecule has 2 rings (SSSR count). The first-order chi connectivity index (χ1) is 9.20. The zero-order chi connectivity index (χ0) is 13.7. The highest BCUT2D eigenvalue weighted by Gasteiger charge is 2.10. The summed E-state index contributed by atoms with van der Waals surface area (Å²) in [5, 5.41) is 2.52. The van der Waals surface area contributed by atoms with Crippen LogP contribution in [0.5, 0.6) is 0 Å². The van der Waals surface area contributed by atoms with E-state index in [4.69, 9.17) is 4.42 Å². The topological polar surface area (TPSA) is 59.3 Å². The van der Waals surface area contributed by atoms with Crippen LogP contribution in [0.25, 0.3) is 5.57 Å². The van der Waals surface area contributed by atoms with Gasteiger partial charge in [0.2, 0.25) is 0 Å². The Bertz CT molecular complexity index is 611. The fourth-order valence-electron chi connectivity index (χ4n) is 1.51. The molecule has 2 aromatic rings. The molecule has 1 aromatic heterocycles. The zero-order valence-electron chi connectivity index (χ0n) is 9.85. The summed E-state index contributed by atoms with van der Waals surface area (Å²) in [6, 6.07) is 8.48. The molecule has 0 unspecified atom stereocenters. The minimum absolute atomic E-state index is 0.00529. The van der Waals surface area contributed by atoms with Crippen LogP contribution < -0.4 is 5.32 Å². The van der Waals surface area contributed by atoms with Gasteiger partial charge in [-0.3, -0.25) is 4.79 Å². The number of carbonyl (C=O) groups excluding carboxylic acids is 2. The van der Waals surface area contributed by atoms with Crippen molar-refractivity contribution in [3.63, 3.8) is 0 Å². The molecule has 0 bridgehead atoms. The third-order valence-corrected chi connectivity index (χ3v) is 2.49. The molecule has 1 heterocycles. The molecule has 0 aliphatic heterocycles. The van der Waals surface area contributed by atoms with Crippen molar-refractivity contribution < 1.29 is 18.4 Å². The molecule has 0 aliphatic carbocycles. The molecular formula is C14H10FNO3. The van der Waals surface area contributed by atoms with Crippen molar-refractivity contribution in [3.05, 3.63) is 59.8 Å². The maximum Gasteiger partial charge on any atom is 0.287 e. The SMILES string of the molecule is O=C=C(CNC(=O)c1ccco1)c1ccc(F)cc1. The van der Waals surface area contributed by atoms with Crippen LogP contribution in [0.1, 0.15) is 16.1 Å². The predicted octanol–water partition coefficient (Wildman–Crippen LogP) is 2.06. The normalized spacial score (nSPS) is 9.74. The molecule has 0 saturated heterocycles. The van der Waals surface area contributed by atoms with E-state index in [1.165, 1.54) is 36.6 Å². The molecule has 5 heteroatoms. The summed E-state index contributed by atoms with van der Waals surface area (Å²) in [4.78, 5) is 22.5. The monoisotopic (exact) mass is 259 g/mol. The molecular weight excluding hydrogens is 249 g/mol. The molecule has 0 aliphatic rings. The molecule has 1 aromatic carbocycles. The van der Waals surface area contributed by atoms with Crippen LogP contribution in [0.4, 0.5) is 4.39 Å². The number of benzene rings is 1. The van der Waals surface area contributed by atoms with Gasteiger partial charge < -0.3 is 9.73 Å². The lowest BCUT2D eigenvalue weighted by Crippen LogP contribution is -2.25. The second-order valence-electron chi connectivity index (χ2n) is 3.75. The number of nitrogens with one attached hydrogen (secondary N) is 1. The summed E-state index contributed by atoms with van der Waals surface area (Å²) in [6.45, 7) is -0.00529. The highest BCUT2D eigenvalue weighted by atomic mass is 19.1. The van der Waals surface area contributed by atoms with Crippen LogP contribution in [0.2, 0.25) is 0 Å². The van der Waals surface area contributed by atoms with Gasteiger partial charge in [-0.25, -0.2) is 9.18 Å². The molecule has 0 spiro atoms. The fraction of sp³-hybridized carbons (Fsp3) is 0.0714. The Labute approximate surface area is 108 Å². The van der Waals surface area contributed by atoms with E-state index in [0.29, 0.717) is 5.56 Å². The highest BCUT2D eigenvalue weighted by Crippen LogP contribution is 2.11. The van der Waals surface area contributed by atoms with Crippen LogP contribution in [0, 0.1) is 5.82 Å². The van der Waals surface area contributed by atoms with Gasteiger partial charge in [0.1, 0.15) is 11.8 Å². The summed E-state index contributed by atoms with van der Waals surface area (Å²) < 4.78 is 17.7. The summed E-state index contributed by atoms with van der Waals surface area (Å²) in [5.41, 5.74) is 0.746. The predicted molar refractivity (Wildman–Crippen MR) is 66.5 cm³/mol. The van der Waals surface area contributed by atoms with E-state index in [9.17, 15) is 14.0 Å². The van der Waals surface area contributed by atoms with Gasteiger partial charge in [0.05, 0.1) is 18.4 Å². The van der Waals surface area contributed by atoms with E-state index in [1.807, 2.05) is 0 Å². The van der Waals surface area contributed by atoms with E-state index in [2.05, 4.69) is 5.32 Å². The summed E-state index contributed by atoms with van der Waals surface area (Å²) >= 11 is 0. The Morgan fingerprint density at radius 3 is 2.58 bits per heavy atom. The summed E-state index contributed by atoms with van der Waals surface area (Å²) in [7, 11) is 0. The highest BCUT2D eigenvalue weighted by molar-refractivity contribution is 5.95. The smallest absolute Gasteiger partial charge is 0.287 e. The van der Waals surface area contributed by atoms with Gasteiger partial charge in [0.25, 0.3) is 5.91 Å². The number of halogens is 1. The van der Waals surface area contributed by atoms with Gasteiger partial charge in [0.15, 0.2) is 5.76 Å². The second kappa shape index (κ2) is 5.80. The Morgan fingerprint density at radius 2 is 2.00 bits per heavy atom. The lowest BCUT2D eigenvalue weighted by molar-refractivity contribution is 0.0931. The van der Waals surface area contributed by atoms with E-state index in [0.717, 1.165) is 0 Å². The van der Waals surface area contributed by atoms with Gasteiger partial charge in [-0.05, 0) is 29.8 Å². The molecule has 0 atom stereocenters. The second-order valence-corrected chi connectivity index (χ2v) is 3.75. The minimum Gasteiger partial charge on any atom is -0.459 e. The standard InChI is InChI=1S/C14H10FNO3/c15-12-5-3-10(4-6-12)11(9-17)8-16-14(18)13-2-1-7-19-13/h1-7H,8H2,(H,16,18). The largest absolute Gasteiger partial charge is 0.459 e.